The molecule has 0 bridgehead atoms. The number of hydrogen-bond acceptors (Lipinski definition) is 4. The topological polar surface area (TPSA) is 42.1 Å². The van der Waals surface area contributed by atoms with Crippen molar-refractivity contribution in [2.75, 3.05) is 18.8 Å². The van der Waals surface area contributed by atoms with E-state index >= 15 is 0 Å². The smallest absolute Gasteiger partial charge is 0.375 e. The molecule has 24 heavy (non-hydrogen) atoms. The lowest BCUT2D eigenvalue weighted by Crippen LogP contribution is -2.32. The van der Waals surface area contributed by atoms with Gasteiger partial charge < -0.3 is 5.73 Å². The van der Waals surface area contributed by atoms with Crippen molar-refractivity contribution in [2.45, 2.75) is 31.5 Å². The fraction of sp³-hybridized carbons (Fsp3) is 0.438. The Bertz CT molecular complexity index is 649. The number of nitrogens with two attached hydrogens (primary N) is 1. The number of hydrogen-bond donors (Lipinski definition) is 1. The van der Waals surface area contributed by atoms with Crippen LogP contribution in [-0.2, 0) is 12.7 Å². The summed E-state index contributed by atoms with van der Waals surface area (Å²) < 4.78 is 37.8. The van der Waals surface area contributed by atoms with E-state index in [1.165, 1.54) is 23.5 Å². The summed E-state index contributed by atoms with van der Waals surface area (Å²) in [6.45, 7) is 2.71. The SMILES string of the molecule is Cl.Nc1ncc(CN2CCC(c3ccc(C(F)(F)F)cc3)CC2)s1. The summed E-state index contributed by atoms with van der Waals surface area (Å²) in [6, 6.07) is 5.60. The van der Waals surface area contributed by atoms with Gasteiger partial charge in [-0.3, -0.25) is 4.90 Å². The third kappa shape index (κ3) is 4.62. The van der Waals surface area contributed by atoms with Crippen LogP contribution < -0.4 is 5.73 Å². The van der Waals surface area contributed by atoms with Gasteiger partial charge in [0.15, 0.2) is 5.13 Å². The van der Waals surface area contributed by atoms with Crippen LogP contribution >= 0.6 is 23.7 Å². The molecule has 0 amide bonds. The van der Waals surface area contributed by atoms with E-state index in [2.05, 4.69) is 9.88 Å². The van der Waals surface area contributed by atoms with E-state index in [0.29, 0.717) is 11.0 Å². The van der Waals surface area contributed by atoms with Crippen LogP contribution in [0.1, 0.15) is 34.8 Å². The minimum absolute atomic E-state index is 0. The number of piperidine rings is 1. The Morgan fingerprint density at radius 1 is 1.17 bits per heavy atom. The van der Waals surface area contributed by atoms with Gasteiger partial charge in [-0.1, -0.05) is 12.1 Å². The molecule has 2 heterocycles. The minimum Gasteiger partial charge on any atom is -0.375 e. The van der Waals surface area contributed by atoms with Gasteiger partial charge in [0, 0.05) is 17.6 Å². The quantitative estimate of drug-likeness (QED) is 0.853. The standard InChI is InChI=1S/C16H18F3N3S.ClH/c17-16(18,19)13-3-1-11(2-4-13)12-5-7-22(8-6-12)10-14-9-21-15(20)23-14;/h1-4,9,12H,5-8,10H2,(H2,20,21);1H. The van der Waals surface area contributed by atoms with Crippen LogP contribution in [0.2, 0.25) is 0 Å². The van der Waals surface area contributed by atoms with Crippen LogP contribution in [-0.4, -0.2) is 23.0 Å². The Balaban J connectivity index is 0.00000208. The van der Waals surface area contributed by atoms with Gasteiger partial charge >= 0.3 is 6.18 Å². The van der Waals surface area contributed by atoms with E-state index in [4.69, 9.17) is 5.73 Å². The maximum Gasteiger partial charge on any atom is 0.416 e. The molecule has 3 nitrogen and oxygen atoms in total. The van der Waals surface area contributed by atoms with Crippen molar-refractivity contribution in [3.05, 3.63) is 46.5 Å². The molecule has 1 aliphatic heterocycles. The molecule has 1 aromatic carbocycles. The summed E-state index contributed by atoms with van der Waals surface area (Å²) >= 11 is 1.50. The molecule has 1 aliphatic rings. The molecule has 0 spiro atoms. The minimum atomic E-state index is -4.27. The van der Waals surface area contributed by atoms with Crippen molar-refractivity contribution in [1.29, 1.82) is 0 Å². The summed E-state index contributed by atoms with van der Waals surface area (Å²) in [7, 11) is 0. The van der Waals surface area contributed by atoms with Gasteiger partial charge in [-0.25, -0.2) is 4.98 Å². The lowest BCUT2D eigenvalue weighted by atomic mass is 9.89. The summed E-state index contributed by atoms with van der Waals surface area (Å²) in [6.07, 6.45) is -0.542. The summed E-state index contributed by atoms with van der Waals surface area (Å²) in [5, 5.41) is 0.583. The third-order valence-electron chi connectivity index (χ3n) is 4.25. The molecule has 1 aromatic heterocycles. The molecule has 0 aliphatic carbocycles. The molecule has 8 heteroatoms. The first-order valence-corrected chi connectivity index (χ1v) is 8.33. The van der Waals surface area contributed by atoms with Gasteiger partial charge in [0.2, 0.25) is 0 Å². The van der Waals surface area contributed by atoms with Gasteiger partial charge in [-0.05, 0) is 49.5 Å². The number of nitrogen functional groups attached to an aromatic ring is 1. The Labute approximate surface area is 149 Å². The van der Waals surface area contributed by atoms with Crippen LogP contribution in [0.15, 0.2) is 30.5 Å². The lowest BCUT2D eigenvalue weighted by molar-refractivity contribution is -0.137. The van der Waals surface area contributed by atoms with Crippen molar-refractivity contribution < 1.29 is 13.2 Å². The second-order valence-corrected chi connectivity index (χ2v) is 6.98. The monoisotopic (exact) mass is 377 g/mol. The maximum absolute atomic E-state index is 12.6. The molecule has 3 rings (SSSR count). The van der Waals surface area contributed by atoms with Crippen LogP contribution in [0, 0.1) is 0 Å². The van der Waals surface area contributed by atoms with E-state index in [1.54, 1.807) is 12.1 Å². The number of halogens is 4. The Kier molecular flexibility index (Phi) is 6.11. The van der Waals surface area contributed by atoms with Crippen LogP contribution in [0.5, 0.6) is 0 Å². The first kappa shape index (κ1) is 19.0. The summed E-state index contributed by atoms with van der Waals surface area (Å²) in [5.41, 5.74) is 6.05. The van der Waals surface area contributed by atoms with Crippen molar-refractivity contribution >= 4 is 28.9 Å². The number of anilines is 1. The summed E-state index contributed by atoms with van der Waals surface area (Å²) in [4.78, 5) is 7.54. The molecule has 2 N–H and O–H groups in total. The first-order chi connectivity index (χ1) is 10.9. The van der Waals surface area contributed by atoms with Gasteiger partial charge in [-0.2, -0.15) is 13.2 Å². The highest BCUT2D eigenvalue weighted by molar-refractivity contribution is 7.15. The number of nitrogens with zero attached hydrogens (tertiary/aromatic N) is 2. The van der Waals surface area contributed by atoms with E-state index in [1.807, 2.05) is 6.20 Å². The molecule has 2 aromatic rings. The third-order valence-corrected chi connectivity index (χ3v) is 5.06. The second kappa shape index (κ2) is 7.72. The van der Waals surface area contributed by atoms with Gasteiger partial charge in [0.1, 0.15) is 0 Å². The number of rotatable bonds is 3. The molecule has 1 fully saturated rings. The van der Waals surface area contributed by atoms with Gasteiger partial charge in [-0.15, -0.1) is 23.7 Å². The van der Waals surface area contributed by atoms with Crippen molar-refractivity contribution in [2.24, 2.45) is 0 Å². The number of likely N-dealkylation sites (tertiary alicyclic amines) is 1. The van der Waals surface area contributed by atoms with Crippen molar-refractivity contribution in [3.63, 3.8) is 0 Å². The van der Waals surface area contributed by atoms with Crippen molar-refractivity contribution in [1.82, 2.24) is 9.88 Å². The number of thiazole rings is 1. The highest BCUT2D eigenvalue weighted by Gasteiger charge is 2.30. The normalized spacial score (nSPS) is 16.8. The Hall–Kier alpha value is -1.31. The largest absolute Gasteiger partial charge is 0.416 e. The fourth-order valence-corrected chi connectivity index (χ4v) is 3.71. The number of alkyl halides is 3. The maximum atomic E-state index is 12.6. The Morgan fingerprint density at radius 2 is 1.79 bits per heavy atom. The van der Waals surface area contributed by atoms with Crippen LogP contribution in [0.25, 0.3) is 0 Å². The average molecular weight is 378 g/mol. The average Bonchev–Trinajstić information content (AvgIpc) is 2.92. The summed E-state index contributed by atoms with van der Waals surface area (Å²) in [5.74, 6) is 0.333. The van der Waals surface area contributed by atoms with E-state index in [-0.39, 0.29) is 12.4 Å². The van der Waals surface area contributed by atoms with Crippen LogP contribution in [0.3, 0.4) is 0 Å². The molecule has 0 saturated carbocycles. The van der Waals surface area contributed by atoms with E-state index < -0.39 is 11.7 Å². The van der Waals surface area contributed by atoms with Crippen molar-refractivity contribution in [3.8, 4) is 0 Å². The molecule has 0 atom stereocenters. The molecule has 0 radical (unpaired) electrons. The second-order valence-electron chi connectivity index (χ2n) is 5.84. The first-order valence-electron chi connectivity index (χ1n) is 7.51. The zero-order valence-corrected chi connectivity index (χ0v) is 14.6. The highest BCUT2D eigenvalue weighted by atomic mass is 35.5. The van der Waals surface area contributed by atoms with Gasteiger partial charge in [0.25, 0.3) is 0 Å². The zero-order chi connectivity index (χ0) is 16.4. The Morgan fingerprint density at radius 3 is 2.29 bits per heavy atom. The molecule has 132 valence electrons. The molecular formula is C16H19ClF3N3S. The molecular weight excluding hydrogens is 359 g/mol. The molecule has 1 saturated heterocycles. The van der Waals surface area contributed by atoms with Gasteiger partial charge in [0.05, 0.1) is 5.56 Å². The fourth-order valence-electron chi connectivity index (χ4n) is 2.98. The van der Waals surface area contributed by atoms with E-state index in [9.17, 15) is 13.2 Å². The highest BCUT2D eigenvalue weighted by Crippen LogP contribution is 2.33. The lowest BCUT2D eigenvalue weighted by Gasteiger charge is -2.31. The predicted molar refractivity (Wildman–Crippen MR) is 92.5 cm³/mol. The number of benzene rings is 1. The van der Waals surface area contributed by atoms with E-state index in [0.717, 1.165) is 42.9 Å². The predicted octanol–water partition coefficient (Wildman–Crippen LogP) is 4.55. The zero-order valence-electron chi connectivity index (χ0n) is 12.9. The van der Waals surface area contributed by atoms with Crippen LogP contribution in [0.4, 0.5) is 18.3 Å². The molecule has 0 unspecified atom stereocenters. The number of aromatic nitrogens is 1.